The average molecular weight is 280 g/mol. The Bertz CT molecular complexity index is 299. The Balaban J connectivity index is 1.56. The number of likely N-dealkylation sites (tertiary alicyclic amines) is 1. The van der Waals surface area contributed by atoms with Crippen LogP contribution in [0.3, 0.4) is 0 Å². The zero-order valence-electron chi connectivity index (χ0n) is 13.1. The SMILES string of the molecule is CC(C1CC1)N1CC(CCO)CC(NC2CCCC2)C1. The summed E-state index contributed by atoms with van der Waals surface area (Å²) >= 11 is 0. The number of hydrogen-bond acceptors (Lipinski definition) is 3. The van der Waals surface area contributed by atoms with Crippen molar-refractivity contribution in [2.75, 3.05) is 19.7 Å². The fourth-order valence-corrected chi connectivity index (χ4v) is 4.39. The van der Waals surface area contributed by atoms with Crippen molar-refractivity contribution in [3.8, 4) is 0 Å². The molecule has 3 nitrogen and oxygen atoms in total. The van der Waals surface area contributed by atoms with Crippen molar-refractivity contribution in [2.24, 2.45) is 11.8 Å². The van der Waals surface area contributed by atoms with E-state index in [0.29, 0.717) is 18.6 Å². The molecule has 3 heteroatoms. The van der Waals surface area contributed by atoms with E-state index in [1.807, 2.05) is 0 Å². The molecule has 3 aliphatic rings. The van der Waals surface area contributed by atoms with Crippen molar-refractivity contribution >= 4 is 0 Å². The minimum atomic E-state index is 0.354. The minimum absolute atomic E-state index is 0.354. The number of rotatable bonds is 6. The Morgan fingerprint density at radius 2 is 1.85 bits per heavy atom. The second kappa shape index (κ2) is 6.76. The van der Waals surface area contributed by atoms with Gasteiger partial charge in [0, 0.05) is 37.8 Å². The molecule has 0 bridgehead atoms. The zero-order chi connectivity index (χ0) is 13.9. The molecule has 3 rings (SSSR count). The van der Waals surface area contributed by atoms with Crippen molar-refractivity contribution in [1.29, 1.82) is 0 Å². The van der Waals surface area contributed by atoms with Crippen LogP contribution in [0.4, 0.5) is 0 Å². The summed E-state index contributed by atoms with van der Waals surface area (Å²) in [5.41, 5.74) is 0. The molecule has 3 atom stereocenters. The van der Waals surface area contributed by atoms with Gasteiger partial charge in [0.1, 0.15) is 0 Å². The van der Waals surface area contributed by atoms with E-state index in [1.54, 1.807) is 0 Å². The highest BCUT2D eigenvalue weighted by Crippen LogP contribution is 2.37. The fourth-order valence-electron chi connectivity index (χ4n) is 4.39. The maximum absolute atomic E-state index is 9.30. The summed E-state index contributed by atoms with van der Waals surface area (Å²) in [6.45, 7) is 5.22. The number of aliphatic hydroxyl groups is 1. The Morgan fingerprint density at radius 1 is 1.10 bits per heavy atom. The molecule has 20 heavy (non-hydrogen) atoms. The molecule has 116 valence electrons. The number of nitrogens with zero attached hydrogens (tertiary/aromatic N) is 1. The molecular weight excluding hydrogens is 248 g/mol. The normalized spacial score (nSPS) is 34.5. The van der Waals surface area contributed by atoms with Gasteiger partial charge in [-0.2, -0.15) is 0 Å². The van der Waals surface area contributed by atoms with Gasteiger partial charge in [0.2, 0.25) is 0 Å². The molecule has 1 aliphatic heterocycles. The third kappa shape index (κ3) is 3.75. The summed E-state index contributed by atoms with van der Waals surface area (Å²) in [6.07, 6.45) is 10.7. The average Bonchev–Trinajstić information content (AvgIpc) is 3.17. The lowest BCUT2D eigenvalue weighted by molar-refractivity contribution is 0.0787. The van der Waals surface area contributed by atoms with Crippen molar-refractivity contribution in [3.05, 3.63) is 0 Å². The van der Waals surface area contributed by atoms with Gasteiger partial charge in [0.25, 0.3) is 0 Å². The van der Waals surface area contributed by atoms with Gasteiger partial charge >= 0.3 is 0 Å². The van der Waals surface area contributed by atoms with Crippen LogP contribution in [0.2, 0.25) is 0 Å². The number of hydrogen-bond donors (Lipinski definition) is 2. The van der Waals surface area contributed by atoms with Gasteiger partial charge in [-0.25, -0.2) is 0 Å². The Labute approximate surface area is 124 Å². The first kappa shape index (κ1) is 14.8. The Kier molecular flexibility index (Phi) is 5.00. The molecule has 0 spiro atoms. The summed E-state index contributed by atoms with van der Waals surface area (Å²) in [6, 6.07) is 2.18. The molecule has 0 aromatic heterocycles. The Hall–Kier alpha value is -0.120. The highest BCUT2D eigenvalue weighted by atomic mass is 16.3. The highest BCUT2D eigenvalue weighted by molar-refractivity contribution is 4.92. The lowest BCUT2D eigenvalue weighted by Gasteiger charge is -2.42. The van der Waals surface area contributed by atoms with Gasteiger partial charge in [0.15, 0.2) is 0 Å². The second-order valence-electron chi connectivity index (χ2n) is 7.49. The predicted molar refractivity (Wildman–Crippen MR) is 82.7 cm³/mol. The van der Waals surface area contributed by atoms with Crippen LogP contribution in [0.15, 0.2) is 0 Å². The molecule has 0 aromatic carbocycles. The lowest BCUT2D eigenvalue weighted by atomic mass is 9.90. The van der Waals surface area contributed by atoms with E-state index in [4.69, 9.17) is 0 Å². The molecule has 3 unspecified atom stereocenters. The molecule has 3 fully saturated rings. The van der Waals surface area contributed by atoms with E-state index >= 15 is 0 Å². The second-order valence-corrected chi connectivity index (χ2v) is 7.49. The summed E-state index contributed by atoms with van der Waals surface area (Å²) < 4.78 is 0. The molecule has 0 amide bonds. The first-order chi connectivity index (χ1) is 9.76. The first-order valence-corrected chi connectivity index (χ1v) is 8.87. The highest BCUT2D eigenvalue weighted by Gasteiger charge is 2.37. The van der Waals surface area contributed by atoms with Crippen molar-refractivity contribution < 1.29 is 5.11 Å². The maximum Gasteiger partial charge on any atom is 0.0434 e. The van der Waals surface area contributed by atoms with Crippen LogP contribution in [0, 0.1) is 11.8 Å². The smallest absolute Gasteiger partial charge is 0.0434 e. The van der Waals surface area contributed by atoms with Crippen LogP contribution in [0.1, 0.15) is 58.3 Å². The van der Waals surface area contributed by atoms with Crippen molar-refractivity contribution in [3.63, 3.8) is 0 Å². The van der Waals surface area contributed by atoms with Gasteiger partial charge in [-0.15, -0.1) is 0 Å². The molecule has 1 heterocycles. The van der Waals surface area contributed by atoms with Gasteiger partial charge in [-0.05, 0) is 57.3 Å². The number of nitrogens with one attached hydrogen (secondary N) is 1. The van der Waals surface area contributed by atoms with Gasteiger partial charge in [-0.3, -0.25) is 4.90 Å². The molecule has 2 N–H and O–H groups in total. The molecular formula is C17H32N2O. The molecule has 0 radical (unpaired) electrons. The maximum atomic E-state index is 9.30. The largest absolute Gasteiger partial charge is 0.396 e. The zero-order valence-corrected chi connectivity index (χ0v) is 13.1. The summed E-state index contributed by atoms with van der Waals surface area (Å²) in [7, 11) is 0. The van der Waals surface area contributed by atoms with Crippen molar-refractivity contribution in [1.82, 2.24) is 10.2 Å². The minimum Gasteiger partial charge on any atom is -0.396 e. The molecule has 0 aromatic rings. The van der Waals surface area contributed by atoms with Crippen LogP contribution in [-0.4, -0.2) is 47.8 Å². The topological polar surface area (TPSA) is 35.5 Å². The van der Waals surface area contributed by atoms with Crippen LogP contribution in [0.25, 0.3) is 0 Å². The Morgan fingerprint density at radius 3 is 2.50 bits per heavy atom. The summed E-state index contributed by atoms with van der Waals surface area (Å²) in [5, 5.41) is 13.2. The van der Waals surface area contributed by atoms with E-state index in [-0.39, 0.29) is 0 Å². The fraction of sp³-hybridized carbons (Fsp3) is 1.00. The van der Waals surface area contributed by atoms with Crippen LogP contribution >= 0.6 is 0 Å². The van der Waals surface area contributed by atoms with Crippen LogP contribution < -0.4 is 5.32 Å². The molecule has 2 aliphatic carbocycles. The van der Waals surface area contributed by atoms with E-state index < -0.39 is 0 Å². The standard InChI is InChI=1S/C17H32N2O/c1-13(15-6-7-15)19-11-14(8-9-20)10-17(12-19)18-16-4-2-3-5-16/h13-18,20H,2-12H2,1H3. The van der Waals surface area contributed by atoms with E-state index in [9.17, 15) is 5.11 Å². The van der Waals surface area contributed by atoms with Crippen molar-refractivity contribution in [2.45, 2.75) is 76.4 Å². The van der Waals surface area contributed by atoms with Gasteiger partial charge < -0.3 is 10.4 Å². The third-order valence-corrected chi connectivity index (χ3v) is 5.81. The lowest BCUT2D eigenvalue weighted by Crippen LogP contribution is -2.54. The molecule has 2 saturated carbocycles. The van der Waals surface area contributed by atoms with Crippen LogP contribution in [0.5, 0.6) is 0 Å². The first-order valence-electron chi connectivity index (χ1n) is 8.87. The predicted octanol–water partition coefficient (Wildman–Crippen LogP) is 2.39. The van der Waals surface area contributed by atoms with E-state index in [2.05, 4.69) is 17.1 Å². The molecule has 1 saturated heterocycles. The van der Waals surface area contributed by atoms with E-state index in [1.165, 1.54) is 58.0 Å². The summed E-state index contributed by atoms with van der Waals surface area (Å²) in [4.78, 5) is 2.72. The number of aliphatic hydroxyl groups excluding tert-OH is 1. The quantitative estimate of drug-likeness (QED) is 0.784. The third-order valence-electron chi connectivity index (χ3n) is 5.81. The van der Waals surface area contributed by atoms with Crippen LogP contribution in [-0.2, 0) is 0 Å². The van der Waals surface area contributed by atoms with Gasteiger partial charge in [-0.1, -0.05) is 12.8 Å². The van der Waals surface area contributed by atoms with Gasteiger partial charge in [0.05, 0.1) is 0 Å². The number of piperidine rings is 1. The summed E-state index contributed by atoms with van der Waals surface area (Å²) in [5.74, 6) is 1.64. The van der Waals surface area contributed by atoms with E-state index in [0.717, 1.165) is 24.4 Å². The monoisotopic (exact) mass is 280 g/mol.